The minimum Gasteiger partial charge on any atom is -0.452 e. The summed E-state index contributed by atoms with van der Waals surface area (Å²) in [5, 5.41) is 5.44. The van der Waals surface area contributed by atoms with Crippen LogP contribution in [0.4, 0.5) is 11.4 Å². The Morgan fingerprint density at radius 2 is 1.53 bits per heavy atom. The van der Waals surface area contributed by atoms with E-state index >= 15 is 0 Å². The summed E-state index contributed by atoms with van der Waals surface area (Å²) in [4.78, 5) is 37.0. The molecule has 0 unspecified atom stereocenters. The summed E-state index contributed by atoms with van der Waals surface area (Å²) in [6.07, 6.45) is 0. The highest BCUT2D eigenvalue weighted by Crippen LogP contribution is 2.18. The molecule has 0 aliphatic carbocycles. The lowest BCUT2D eigenvalue weighted by molar-refractivity contribution is -0.119. The summed E-state index contributed by atoms with van der Waals surface area (Å²) in [6, 6.07) is 20.9. The highest BCUT2D eigenvalue weighted by atomic mass is 16.5. The van der Waals surface area contributed by atoms with Gasteiger partial charge in [0.15, 0.2) is 6.61 Å². The Kier molecular flexibility index (Phi) is 6.60. The predicted molar refractivity (Wildman–Crippen MR) is 116 cm³/mol. The third-order valence-electron chi connectivity index (χ3n) is 4.34. The van der Waals surface area contributed by atoms with E-state index in [2.05, 4.69) is 10.6 Å². The molecule has 0 aliphatic rings. The first kappa shape index (κ1) is 20.8. The number of benzene rings is 3. The zero-order valence-electron chi connectivity index (χ0n) is 16.8. The van der Waals surface area contributed by atoms with Gasteiger partial charge in [0.25, 0.3) is 11.8 Å². The van der Waals surface area contributed by atoms with Crippen molar-refractivity contribution < 1.29 is 19.1 Å². The number of hydrogen-bond donors (Lipinski definition) is 2. The van der Waals surface area contributed by atoms with Gasteiger partial charge >= 0.3 is 5.97 Å². The van der Waals surface area contributed by atoms with Crippen LogP contribution >= 0.6 is 0 Å². The standard InChI is InChI=1S/C24H22N2O4/c1-16-10-12-18(13-11-16)24(29)30-15-22(27)26-21-9-4-3-8-20(21)23(28)25-19-7-5-6-17(2)14-19/h3-14H,15H2,1-2H3,(H,25,28)(H,26,27). The Bertz CT molecular complexity index is 1070. The van der Waals surface area contributed by atoms with Crippen LogP contribution in [0, 0.1) is 13.8 Å². The highest BCUT2D eigenvalue weighted by molar-refractivity contribution is 6.10. The van der Waals surface area contributed by atoms with Crippen molar-refractivity contribution in [2.24, 2.45) is 0 Å². The van der Waals surface area contributed by atoms with Gasteiger partial charge in [0.1, 0.15) is 0 Å². The molecule has 6 heteroatoms. The summed E-state index contributed by atoms with van der Waals surface area (Å²) in [5.74, 6) is -1.48. The first-order chi connectivity index (χ1) is 14.4. The van der Waals surface area contributed by atoms with Crippen molar-refractivity contribution in [3.8, 4) is 0 Å². The molecule has 152 valence electrons. The van der Waals surface area contributed by atoms with E-state index < -0.39 is 18.5 Å². The van der Waals surface area contributed by atoms with E-state index in [0.29, 0.717) is 22.5 Å². The molecule has 0 bridgehead atoms. The summed E-state index contributed by atoms with van der Waals surface area (Å²) in [6.45, 7) is 3.39. The zero-order chi connectivity index (χ0) is 21.5. The lowest BCUT2D eigenvalue weighted by Gasteiger charge is -2.12. The smallest absolute Gasteiger partial charge is 0.338 e. The zero-order valence-corrected chi connectivity index (χ0v) is 16.8. The van der Waals surface area contributed by atoms with E-state index in [-0.39, 0.29) is 5.91 Å². The van der Waals surface area contributed by atoms with E-state index in [1.165, 1.54) is 0 Å². The van der Waals surface area contributed by atoms with Crippen LogP contribution in [0.3, 0.4) is 0 Å². The Morgan fingerprint density at radius 1 is 0.800 bits per heavy atom. The van der Waals surface area contributed by atoms with Gasteiger partial charge in [-0.25, -0.2) is 4.79 Å². The number of para-hydroxylation sites is 1. The SMILES string of the molecule is Cc1ccc(C(=O)OCC(=O)Nc2ccccc2C(=O)Nc2cccc(C)c2)cc1. The lowest BCUT2D eigenvalue weighted by atomic mass is 10.1. The van der Waals surface area contributed by atoms with Crippen molar-refractivity contribution in [1.29, 1.82) is 0 Å². The molecule has 0 heterocycles. The number of anilines is 2. The number of ether oxygens (including phenoxy) is 1. The predicted octanol–water partition coefficient (Wildman–Crippen LogP) is 4.35. The van der Waals surface area contributed by atoms with Crippen molar-refractivity contribution >= 4 is 29.2 Å². The molecule has 0 aromatic heterocycles. The summed E-state index contributed by atoms with van der Waals surface area (Å²) in [5.41, 5.74) is 3.70. The first-order valence-corrected chi connectivity index (χ1v) is 9.43. The summed E-state index contributed by atoms with van der Waals surface area (Å²) < 4.78 is 5.06. The van der Waals surface area contributed by atoms with Gasteiger partial charge in [-0.2, -0.15) is 0 Å². The average molecular weight is 402 g/mol. The van der Waals surface area contributed by atoms with Gasteiger partial charge in [-0.05, 0) is 55.8 Å². The lowest BCUT2D eigenvalue weighted by Crippen LogP contribution is -2.23. The molecule has 2 N–H and O–H groups in total. The average Bonchev–Trinajstić information content (AvgIpc) is 2.73. The van der Waals surface area contributed by atoms with Gasteiger partial charge in [0, 0.05) is 5.69 Å². The van der Waals surface area contributed by atoms with Crippen molar-refractivity contribution in [1.82, 2.24) is 0 Å². The molecule has 30 heavy (non-hydrogen) atoms. The highest BCUT2D eigenvalue weighted by Gasteiger charge is 2.15. The Hall–Kier alpha value is -3.93. The van der Waals surface area contributed by atoms with Gasteiger partial charge in [0.2, 0.25) is 0 Å². The summed E-state index contributed by atoms with van der Waals surface area (Å²) >= 11 is 0. The van der Waals surface area contributed by atoms with Gasteiger partial charge in [0.05, 0.1) is 16.8 Å². The maximum absolute atomic E-state index is 12.7. The van der Waals surface area contributed by atoms with Gasteiger partial charge in [-0.1, -0.05) is 42.0 Å². The van der Waals surface area contributed by atoms with E-state index in [4.69, 9.17) is 4.74 Å². The molecule has 0 radical (unpaired) electrons. The molecule has 0 aliphatic heterocycles. The maximum atomic E-state index is 12.7. The van der Waals surface area contributed by atoms with Crippen molar-refractivity contribution in [3.05, 3.63) is 95.1 Å². The third-order valence-corrected chi connectivity index (χ3v) is 4.34. The number of esters is 1. The third kappa shape index (κ3) is 5.54. The molecule has 2 amide bonds. The fourth-order valence-corrected chi connectivity index (χ4v) is 2.80. The monoisotopic (exact) mass is 402 g/mol. The minimum absolute atomic E-state index is 0.303. The molecular formula is C24H22N2O4. The Morgan fingerprint density at radius 3 is 2.27 bits per heavy atom. The number of carbonyl (C=O) groups excluding carboxylic acids is 3. The molecule has 6 nitrogen and oxygen atoms in total. The van der Waals surface area contributed by atoms with Gasteiger partial charge in [-0.3, -0.25) is 9.59 Å². The number of nitrogens with one attached hydrogen (secondary N) is 2. The minimum atomic E-state index is -0.587. The quantitative estimate of drug-likeness (QED) is 0.601. The number of carbonyl (C=O) groups is 3. The van der Waals surface area contributed by atoms with Gasteiger partial charge in [-0.15, -0.1) is 0 Å². The van der Waals surface area contributed by atoms with Crippen LogP contribution in [0.5, 0.6) is 0 Å². The van der Waals surface area contributed by atoms with Gasteiger partial charge < -0.3 is 15.4 Å². The van der Waals surface area contributed by atoms with Crippen molar-refractivity contribution in [3.63, 3.8) is 0 Å². The first-order valence-electron chi connectivity index (χ1n) is 9.43. The van der Waals surface area contributed by atoms with Crippen LogP contribution in [0.2, 0.25) is 0 Å². The van der Waals surface area contributed by atoms with Crippen LogP contribution in [0.1, 0.15) is 31.8 Å². The molecule has 0 spiro atoms. The second-order valence-corrected chi connectivity index (χ2v) is 6.86. The fraction of sp³-hybridized carbons (Fsp3) is 0.125. The second-order valence-electron chi connectivity index (χ2n) is 6.86. The Labute approximate surface area is 174 Å². The van der Waals surface area contributed by atoms with E-state index in [1.807, 2.05) is 32.0 Å². The maximum Gasteiger partial charge on any atom is 0.338 e. The molecule has 0 fully saturated rings. The number of rotatable bonds is 6. The largest absolute Gasteiger partial charge is 0.452 e. The van der Waals surface area contributed by atoms with Crippen LogP contribution in [-0.2, 0) is 9.53 Å². The number of aryl methyl sites for hydroxylation is 2. The summed E-state index contributed by atoms with van der Waals surface area (Å²) in [7, 11) is 0. The van der Waals surface area contributed by atoms with Crippen LogP contribution in [-0.4, -0.2) is 24.4 Å². The molecule has 3 rings (SSSR count). The van der Waals surface area contributed by atoms with Crippen molar-refractivity contribution in [2.75, 3.05) is 17.2 Å². The van der Waals surface area contributed by atoms with Crippen LogP contribution in [0.15, 0.2) is 72.8 Å². The number of hydrogen-bond acceptors (Lipinski definition) is 4. The molecule has 0 saturated carbocycles. The van der Waals surface area contributed by atoms with Crippen LogP contribution in [0.25, 0.3) is 0 Å². The normalized spacial score (nSPS) is 10.2. The van der Waals surface area contributed by atoms with Crippen molar-refractivity contribution in [2.45, 2.75) is 13.8 Å². The van der Waals surface area contributed by atoms with Crippen LogP contribution < -0.4 is 10.6 Å². The van der Waals surface area contributed by atoms with E-state index in [1.54, 1.807) is 54.6 Å². The molecule has 0 saturated heterocycles. The van der Waals surface area contributed by atoms with E-state index in [0.717, 1.165) is 11.1 Å². The number of amides is 2. The van der Waals surface area contributed by atoms with E-state index in [9.17, 15) is 14.4 Å². The fourth-order valence-electron chi connectivity index (χ4n) is 2.80. The molecule has 0 atom stereocenters. The Balaban J connectivity index is 1.62. The molecule has 3 aromatic carbocycles. The molecule has 3 aromatic rings. The topological polar surface area (TPSA) is 84.5 Å². The molecular weight excluding hydrogens is 380 g/mol. The second kappa shape index (κ2) is 9.52.